The lowest BCUT2D eigenvalue weighted by atomic mass is 10.1. The van der Waals surface area contributed by atoms with Crippen LogP contribution in [0.25, 0.3) is 0 Å². The Morgan fingerprint density at radius 3 is 2.77 bits per heavy atom. The average Bonchev–Trinajstić information content (AvgIpc) is 2.53. The van der Waals surface area contributed by atoms with E-state index in [1.54, 1.807) is 29.9 Å². The van der Waals surface area contributed by atoms with Crippen LogP contribution in [0.4, 0.5) is 0 Å². The molecule has 0 saturated carbocycles. The van der Waals surface area contributed by atoms with Crippen molar-refractivity contribution in [1.29, 1.82) is 0 Å². The minimum atomic E-state index is -0.815. The fraction of sp³-hybridized carbons (Fsp3) is 0.333. The second-order valence-corrected chi connectivity index (χ2v) is 2.68. The molecule has 0 amide bonds. The maximum atomic E-state index is 11.1. The molecule has 1 unspecified atom stereocenters. The standard InChI is InChI=1S/C9H11NO3/c1-10-5-3-4-8(10)7(6-11)9(12)13-2/h3-7H,1-2H3. The number of carbonyl (C=O) groups is 2. The van der Waals surface area contributed by atoms with Crippen LogP contribution in [0.5, 0.6) is 0 Å². The largest absolute Gasteiger partial charge is 0.468 e. The van der Waals surface area contributed by atoms with E-state index in [0.29, 0.717) is 12.0 Å². The van der Waals surface area contributed by atoms with E-state index in [-0.39, 0.29) is 0 Å². The van der Waals surface area contributed by atoms with Gasteiger partial charge in [-0.1, -0.05) is 0 Å². The normalized spacial score (nSPS) is 12.2. The molecule has 0 aliphatic rings. The molecular formula is C9H11NO3. The Morgan fingerprint density at radius 2 is 2.38 bits per heavy atom. The Morgan fingerprint density at radius 1 is 1.69 bits per heavy atom. The van der Waals surface area contributed by atoms with E-state index in [1.165, 1.54) is 7.11 Å². The molecule has 1 heterocycles. The number of aryl methyl sites for hydroxylation is 1. The van der Waals surface area contributed by atoms with E-state index in [1.807, 2.05) is 0 Å². The molecule has 1 aromatic rings. The van der Waals surface area contributed by atoms with Crippen LogP contribution in [0.1, 0.15) is 11.6 Å². The highest BCUT2D eigenvalue weighted by atomic mass is 16.5. The molecule has 13 heavy (non-hydrogen) atoms. The van der Waals surface area contributed by atoms with Gasteiger partial charge in [-0.25, -0.2) is 0 Å². The number of esters is 1. The third-order valence-electron chi connectivity index (χ3n) is 1.89. The van der Waals surface area contributed by atoms with Crippen molar-refractivity contribution in [2.24, 2.45) is 7.05 Å². The Kier molecular flexibility index (Phi) is 2.84. The summed E-state index contributed by atoms with van der Waals surface area (Å²) in [5.74, 6) is -1.35. The molecule has 0 aliphatic carbocycles. The molecule has 0 aliphatic heterocycles. The lowest BCUT2D eigenvalue weighted by molar-refractivity contribution is -0.143. The molecule has 1 rings (SSSR count). The number of carbonyl (C=O) groups excluding carboxylic acids is 2. The number of nitrogens with zero attached hydrogens (tertiary/aromatic N) is 1. The summed E-state index contributed by atoms with van der Waals surface area (Å²) >= 11 is 0. The summed E-state index contributed by atoms with van der Waals surface area (Å²) in [5, 5.41) is 0. The predicted molar refractivity (Wildman–Crippen MR) is 46.2 cm³/mol. The molecule has 0 radical (unpaired) electrons. The van der Waals surface area contributed by atoms with Crippen LogP contribution in [0.2, 0.25) is 0 Å². The van der Waals surface area contributed by atoms with Crippen molar-refractivity contribution in [3.63, 3.8) is 0 Å². The predicted octanol–water partition coefficient (Wildman–Crippen LogP) is 0.481. The number of aldehydes is 1. The van der Waals surface area contributed by atoms with Crippen molar-refractivity contribution < 1.29 is 14.3 Å². The second kappa shape index (κ2) is 3.89. The maximum absolute atomic E-state index is 11.1. The Labute approximate surface area is 76.1 Å². The van der Waals surface area contributed by atoms with Gasteiger partial charge in [0.1, 0.15) is 6.29 Å². The van der Waals surface area contributed by atoms with E-state index in [0.717, 1.165) is 0 Å². The molecule has 4 nitrogen and oxygen atoms in total. The SMILES string of the molecule is COC(=O)C(C=O)c1cccn1C. The maximum Gasteiger partial charge on any atom is 0.321 e. The summed E-state index contributed by atoms with van der Waals surface area (Å²) in [7, 11) is 3.04. The van der Waals surface area contributed by atoms with Gasteiger partial charge in [-0.15, -0.1) is 0 Å². The highest BCUT2D eigenvalue weighted by Crippen LogP contribution is 2.14. The molecule has 0 bridgehead atoms. The Balaban J connectivity index is 2.97. The minimum Gasteiger partial charge on any atom is -0.468 e. The number of methoxy groups -OCH3 is 1. The fourth-order valence-electron chi connectivity index (χ4n) is 1.17. The molecule has 1 atom stereocenters. The zero-order valence-electron chi connectivity index (χ0n) is 7.56. The van der Waals surface area contributed by atoms with Gasteiger partial charge < -0.3 is 14.1 Å². The summed E-state index contributed by atoms with van der Waals surface area (Å²) in [6.45, 7) is 0. The monoisotopic (exact) mass is 181 g/mol. The number of rotatable bonds is 3. The molecular weight excluding hydrogens is 170 g/mol. The average molecular weight is 181 g/mol. The van der Waals surface area contributed by atoms with E-state index < -0.39 is 11.9 Å². The van der Waals surface area contributed by atoms with E-state index in [2.05, 4.69) is 4.74 Å². The molecule has 0 N–H and O–H groups in total. The third-order valence-corrected chi connectivity index (χ3v) is 1.89. The molecule has 4 heteroatoms. The lowest BCUT2D eigenvalue weighted by Crippen LogP contribution is -2.17. The highest BCUT2D eigenvalue weighted by molar-refractivity contribution is 5.93. The lowest BCUT2D eigenvalue weighted by Gasteiger charge is -2.08. The quantitative estimate of drug-likeness (QED) is 0.387. The van der Waals surface area contributed by atoms with Crippen molar-refractivity contribution in [3.05, 3.63) is 24.0 Å². The number of hydrogen-bond donors (Lipinski definition) is 0. The highest BCUT2D eigenvalue weighted by Gasteiger charge is 2.22. The van der Waals surface area contributed by atoms with Gasteiger partial charge in [0.05, 0.1) is 7.11 Å². The van der Waals surface area contributed by atoms with Crippen molar-refractivity contribution in [3.8, 4) is 0 Å². The van der Waals surface area contributed by atoms with Crippen LogP contribution in [-0.4, -0.2) is 23.9 Å². The van der Waals surface area contributed by atoms with Crippen LogP contribution in [-0.2, 0) is 21.4 Å². The second-order valence-electron chi connectivity index (χ2n) is 2.68. The van der Waals surface area contributed by atoms with Gasteiger partial charge in [0.15, 0.2) is 5.92 Å². The van der Waals surface area contributed by atoms with Gasteiger partial charge in [-0.3, -0.25) is 4.79 Å². The smallest absolute Gasteiger partial charge is 0.321 e. The topological polar surface area (TPSA) is 48.3 Å². The zero-order chi connectivity index (χ0) is 9.84. The molecule has 0 saturated heterocycles. The van der Waals surface area contributed by atoms with Gasteiger partial charge in [0.25, 0.3) is 0 Å². The van der Waals surface area contributed by atoms with Gasteiger partial charge in [-0.05, 0) is 12.1 Å². The van der Waals surface area contributed by atoms with E-state index in [4.69, 9.17) is 0 Å². The molecule has 0 fully saturated rings. The summed E-state index contributed by atoms with van der Waals surface area (Å²) in [6.07, 6.45) is 2.36. The van der Waals surface area contributed by atoms with Gasteiger partial charge >= 0.3 is 5.97 Å². The zero-order valence-corrected chi connectivity index (χ0v) is 7.56. The summed E-state index contributed by atoms with van der Waals surface area (Å²) in [6, 6.07) is 3.49. The number of ether oxygens (including phenoxy) is 1. The first-order chi connectivity index (χ1) is 6.20. The van der Waals surface area contributed by atoms with Crippen molar-refractivity contribution in [2.75, 3.05) is 7.11 Å². The first-order valence-electron chi connectivity index (χ1n) is 3.85. The van der Waals surface area contributed by atoms with E-state index in [9.17, 15) is 9.59 Å². The Bertz CT molecular complexity index is 316. The first kappa shape index (κ1) is 9.51. The van der Waals surface area contributed by atoms with E-state index >= 15 is 0 Å². The molecule has 70 valence electrons. The fourth-order valence-corrected chi connectivity index (χ4v) is 1.17. The van der Waals surface area contributed by atoms with Gasteiger partial charge in [0.2, 0.25) is 0 Å². The van der Waals surface area contributed by atoms with Crippen molar-refractivity contribution >= 4 is 12.3 Å². The third kappa shape index (κ3) is 1.77. The number of hydrogen-bond acceptors (Lipinski definition) is 3. The summed E-state index contributed by atoms with van der Waals surface area (Å²) < 4.78 is 6.22. The van der Waals surface area contributed by atoms with Crippen molar-refractivity contribution in [2.45, 2.75) is 5.92 Å². The number of aromatic nitrogens is 1. The van der Waals surface area contributed by atoms with Crippen molar-refractivity contribution in [1.82, 2.24) is 4.57 Å². The minimum absolute atomic E-state index is 0.531. The van der Waals surface area contributed by atoms with Crippen LogP contribution in [0, 0.1) is 0 Å². The molecule has 0 aromatic carbocycles. The van der Waals surface area contributed by atoms with Crippen LogP contribution >= 0.6 is 0 Å². The Hall–Kier alpha value is -1.58. The molecule has 0 spiro atoms. The summed E-state index contributed by atoms with van der Waals surface area (Å²) in [4.78, 5) is 21.8. The van der Waals surface area contributed by atoms with Crippen LogP contribution < -0.4 is 0 Å². The van der Waals surface area contributed by atoms with Gasteiger partial charge in [-0.2, -0.15) is 0 Å². The molecule has 1 aromatic heterocycles. The van der Waals surface area contributed by atoms with Gasteiger partial charge in [0, 0.05) is 18.9 Å². The van der Waals surface area contributed by atoms with Crippen LogP contribution in [0.15, 0.2) is 18.3 Å². The van der Waals surface area contributed by atoms with Crippen LogP contribution in [0.3, 0.4) is 0 Å². The summed E-state index contributed by atoms with van der Waals surface area (Å²) in [5.41, 5.74) is 0.641. The first-order valence-corrected chi connectivity index (χ1v) is 3.85.